The van der Waals surface area contributed by atoms with E-state index in [1.165, 1.54) is 6.42 Å². The molecule has 5 rings (SSSR count). The van der Waals surface area contributed by atoms with Gasteiger partial charge in [0.25, 0.3) is 5.91 Å². The lowest BCUT2D eigenvalue weighted by atomic mass is 9.88. The SMILES string of the molecule is CSCCNC(=O)c1ccc(-c2ccc(N(Cc3cncn3Cc3ccc(C#N)cc3)C(=O)C3CCCCC3)cc2)o1. The molecule has 2 aromatic heterocycles. The van der Waals surface area contributed by atoms with Crippen LogP contribution in [0.5, 0.6) is 0 Å². The number of aromatic nitrogens is 2. The summed E-state index contributed by atoms with van der Waals surface area (Å²) < 4.78 is 7.90. The number of rotatable bonds is 11. The third-order valence-electron chi connectivity index (χ3n) is 7.66. The van der Waals surface area contributed by atoms with E-state index in [9.17, 15) is 9.59 Å². The Morgan fingerprint density at radius 2 is 1.83 bits per heavy atom. The van der Waals surface area contributed by atoms with E-state index in [4.69, 9.17) is 9.68 Å². The van der Waals surface area contributed by atoms with Gasteiger partial charge < -0.3 is 19.2 Å². The lowest BCUT2D eigenvalue weighted by Crippen LogP contribution is -2.37. The second-order valence-corrected chi connectivity index (χ2v) is 11.5. The van der Waals surface area contributed by atoms with Gasteiger partial charge in [0, 0.05) is 42.2 Å². The van der Waals surface area contributed by atoms with Crippen molar-refractivity contribution in [1.82, 2.24) is 14.9 Å². The predicted molar refractivity (Wildman–Crippen MR) is 165 cm³/mol. The molecule has 2 heterocycles. The molecule has 0 bridgehead atoms. The molecule has 0 spiro atoms. The number of carbonyl (C=O) groups excluding carboxylic acids is 2. The number of nitrogens with zero attached hydrogens (tertiary/aromatic N) is 4. The average molecular weight is 582 g/mol. The van der Waals surface area contributed by atoms with Crippen LogP contribution < -0.4 is 10.2 Å². The van der Waals surface area contributed by atoms with Crippen LogP contribution in [0.25, 0.3) is 11.3 Å². The van der Waals surface area contributed by atoms with Crippen molar-refractivity contribution >= 4 is 29.3 Å². The number of amides is 2. The maximum Gasteiger partial charge on any atom is 0.287 e. The zero-order valence-electron chi connectivity index (χ0n) is 23.8. The molecule has 0 atom stereocenters. The van der Waals surface area contributed by atoms with Crippen molar-refractivity contribution in [3.63, 3.8) is 0 Å². The Morgan fingerprint density at radius 3 is 2.55 bits per heavy atom. The van der Waals surface area contributed by atoms with Gasteiger partial charge in [0.05, 0.1) is 30.2 Å². The highest BCUT2D eigenvalue weighted by Crippen LogP contribution is 2.31. The van der Waals surface area contributed by atoms with Crippen LogP contribution in [0, 0.1) is 17.2 Å². The first-order valence-corrected chi connectivity index (χ1v) is 15.7. The van der Waals surface area contributed by atoms with Gasteiger partial charge in [0.1, 0.15) is 5.76 Å². The summed E-state index contributed by atoms with van der Waals surface area (Å²) in [7, 11) is 0. The van der Waals surface area contributed by atoms with E-state index in [1.807, 2.05) is 70.5 Å². The van der Waals surface area contributed by atoms with Crippen LogP contribution in [0.2, 0.25) is 0 Å². The number of benzene rings is 2. The summed E-state index contributed by atoms with van der Waals surface area (Å²) in [5.41, 5.74) is 4.24. The topological polar surface area (TPSA) is 104 Å². The number of anilines is 1. The van der Waals surface area contributed by atoms with Gasteiger partial charge in [0.2, 0.25) is 5.91 Å². The van der Waals surface area contributed by atoms with Gasteiger partial charge in [-0.3, -0.25) is 9.59 Å². The zero-order chi connectivity index (χ0) is 29.3. The summed E-state index contributed by atoms with van der Waals surface area (Å²) in [5, 5.41) is 12.0. The fourth-order valence-corrected chi connectivity index (χ4v) is 5.61. The Kier molecular flexibility index (Phi) is 9.78. The molecular weight excluding hydrogens is 546 g/mol. The Balaban J connectivity index is 1.36. The van der Waals surface area contributed by atoms with Gasteiger partial charge in [-0.1, -0.05) is 31.4 Å². The van der Waals surface area contributed by atoms with E-state index in [0.29, 0.717) is 31.0 Å². The molecule has 1 N–H and O–H groups in total. The van der Waals surface area contributed by atoms with Gasteiger partial charge in [-0.15, -0.1) is 0 Å². The fourth-order valence-electron chi connectivity index (χ4n) is 5.31. The summed E-state index contributed by atoms with van der Waals surface area (Å²) in [6.07, 6.45) is 10.7. The summed E-state index contributed by atoms with van der Waals surface area (Å²) >= 11 is 1.67. The molecule has 1 fully saturated rings. The maximum atomic E-state index is 13.9. The van der Waals surface area contributed by atoms with Crippen LogP contribution in [-0.4, -0.2) is 39.9 Å². The zero-order valence-corrected chi connectivity index (χ0v) is 24.6. The Bertz CT molecular complexity index is 1530. The minimum Gasteiger partial charge on any atom is -0.451 e. The highest BCUT2D eigenvalue weighted by atomic mass is 32.2. The number of carbonyl (C=O) groups is 2. The molecule has 2 aromatic carbocycles. The van der Waals surface area contributed by atoms with Gasteiger partial charge in [-0.05, 0) is 73.2 Å². The van der Waals surface area contributed by atoms with E-state index >= 15 is 0 Å². The van der Waals surface area contributed by atoms with E-state index < -0.39 is 0 Å². The molecule has 0 saturated heterocycles. The molecule has 8 nitrogen and oxygen atoms in total. The third kappa shape index (κ3) is 7.12. The van der Waals surface area contributed by atoms with Crippen LogP contribution >= 0.6 is 11.8 Å². The highest BCUT2D eigenvalue weighted by Gasteiger charge is 2.28. The van der Waals surface area contributed by atoms with E-state index in [0.717, 1.165) is 53.9 Å². The molecule has 0 radical (unpaired) electrons. The summed E-state index contributed by atoms with van der Waals surface area (Å²) in [6, 6.07) is 20.9. The van der Waals surface area contributed by atoms with Crippen molar-refractivity contribution in [1.29, 1.82) is 5.26 Å². The van der Waals surface area contributed by atoms with Crippen molar-refractivity contribution in [3.8, 4) is 17.4 Å². The lowest BCUT2D eigenvalue weighted by Gasteiger charge is -2.30. The molecule has 1 saturated carbocycles. The number of nitrogens with one attached hydrogen (secondary N) is 1. The molecule has 0 aliphatic heterocycles. The number of furan rings is 1. The van der Waals surface area contributed by atoms with Crippen LogP contribution in [0.3, 0.4) is 0 Å². The number of hydrogen-bond donors (Lipinski definition) is 1. The third-order valence-corrected chi connectivity index (χ3v) is 8.27. The lowest BCUT2D eigenvalue weighted by molar-refractivity contribution is -0.123. The van der Waals surface area contributed by atoms with E-state index in [1.54, 1.807) is 30.2 Å². The number of hydrogen-bond acceptors (Lipinski definition) is 6. The molecule has 216 valence electrons. The van der Waals surface area contributed by atoms with E-state index in [-0.39, 0.29) is 23.5 Å². The molecule has 0 unspecified atom stereocenters. The highest BCUT2D eigenvalue weighted by molar-refractivity contribution is 7.98. The number of nitriles is 1. The van der Waals surface area contributed by atoms with Gasteiger partial charge in [0.15, 0.2) is 5.76 Å². The van der Waals surface area contributed by atoms with Gasteiger partial charge >= 0.3 is 0 Å². The molecule has 1 aliphatic rings. The average Bonchev–Trinajstić information content (AvgIpc) is 3.71. The van der Waals surface area contributed by atoms with E-state index in [2.05, 4.69) is 16.4 Å². The molecule has 4 aromatic rings. The van der Waals surface area contributed by atoms with Crippen LogP contribution in [0.1, 0.15) is 59.5 Å². The van der Waals surface area contributed by atoms with Crippen LogP contribution in [0.15, 0.2) is 77.6 Å². The number of thioether (sulfide) groups is 1. The first-order valence-electron chi connectivity index (χ1n) is 14.3. The Hall–Kier alpha value is -4.29. The summed E-state index contributed by atoms with van der Waals surface area (Å²) in [5.74, 6) is 1.63. The first kappa shape index (κ1) is 29.2. The van der Waals surface area contributed by atoms with Crippen molar-refractivity contribution in [2.45, 2.75) is 45.2 Å². The second kappa shape index (κ2) is 14.1. The summed E-state index contributed by atoms with van der Waals surface area (Å²) in [4.78, 5) is 32.5. The maximum absolute atomic E-state index is 13.9. The quantitative estimate of drug-likeness (QED) is 0.209. The standard InChI is InChI=1S/C33H35N5O3S/c1-42-18-17-36-32(39)31-16-15-30(41-31)26-11-13-28(14-12-26)38(33(40)27-5-3-2-4-6-27)22-29-20-35-23-37(29)21-25-9-7-24(19-34)8-10-25/h7-16,20,23,27H,2-6,17-18,21-22H2,1H3,(H,36,39). The monoisotopic (exact) mass is 581 g/mol. The van der Waals surface area contributed by atoms with Crippen molar-refractivity contribution in [2.24, 2.45) is 5.92 Å². The van der Waals surface area contributed by atoms with Crippen LogP contribution in [-0.2, 0) is 17.9 Å². The second-order valence-electron chi connectivity index (χ2n) is 10.5. The minimum absolute atomic E-state index is 0.00516. The number of imidazole rings is 1. The first-order chi connectivity index (χ1) is 20.6. The smallest absolute Gasteiger partial charge is 0.287 e. The fraction of sp³-hybridized carbons (Fsp3) is 0.333. The molecular formula is C33H35N5O3S. The Morgan fingerprint density at radius 1 is 1.07 bits per heavy atom. The van der Waals surface area contributed by atoms with Crippen LogP contribution in [0.4, 0.5) is 5.69 Å². The molecule has 42 heavy (non-hydrogen) atoms. The van der Waals surface area contributed by atoms with Crippen molar-refractivity contribution in [2.75, 3.05) is 23.5 Å². The predicted octanol–water partition coefficient (Wildman–Crippen LogP) is 6.27. The molecule has 1 aliphatic carbocycles. The van der Waals surface area contributed by atoms with Crippen molar-refractivity contribution < 1.29 is 14.0 Å². The normalized spacial score (nSPS) is 13.4. The minimum atomic E-state index is -0.228. The largest absolute Gasteiger partial charge is 0.451 e. The Labute approximate surface area is 250 Å². The molecule has 9 heteroatoms. The van der Waals surface area contributed by atoms with Gasteiger partial charge in [-0.25, -0.2) is 4.98 Å². The molecule has 2 amide bonds. The summed E-state index contributed by atoms with van der Waals surface area (Å²) in [6.45, 7) is 1.57. The van der Waals surface area contributed by atoms with Gasteiger partial charge in [-0.2, -0.15) is 17.0 Å². The van der Waals surface area contributed by atoms with Crippen molar-refractivity contribution in [3.05, 3.63) is 95.8 Å².